The molecule has 56 heavy (non-hydrogen) atoms. The van der Waals surface area contributed by atoms with Gasteiger partial charge in [-0.05, 0) is 64.3 Å². The van der Waals surface area contributed by atoms with Crippen LogP contribution in [0.3, 0.4) is 0 Å². The Hall–Kier alpha value is -1.67. The molecule has 0 bridgehead atoms. The predicted molar refractivity (Wildman–Crippen MR) is 232 cm³/mol. The van der Waals surface area contributed by atoms with Gasteiger partial charge in [-0.3, -0.25) is 19.3 Å². The van der Waals surface area contributed by atoms with Crippen LogP contribution in [0.15, 0.2) is 0 Å². The summed E-state index contributed by atoms with van der Waals surface area (Å²) in [7, 11) is 0. The normalized spacial score (nSPS) is 15.8. The largest absolute Gasteiger partial charge is 0.466 e. The molecule has 1 fully saturated rings. The molecule has 330 valence electrons. The lowest BCUT2D eigenvalue weighted by atomic mass is 10.0. The van der Waals surface area contributed by atoms with E-state index >= 15 is 0 Å². The number of unbranched alkanes of at least 4 members (excludes halogenated alkanes) is 25. The third-order valence-electron chi connectivity index (χ3n) is 11.6. The second-order valence-electron chi connectivity index (χ2n) is 17.0. The molecule has 0 aromatic carbocycles. The number of esters is 3. The molecular weight excluding hydrogens is 703 g/mol. The van der Waals surface area contributed by atoms with E-state index in [0.717, 1.165) is 103 Å². The van der Waals surface area contributed by atoms with Gasteiger partial charge >= 0.3 is 17.9 Å². The zero-order valence-electron chi connectivity index (χ0n) is 37.2. The van der Waals surface area contributed by atoms with Gasteiger partial charge in [0.2, 0.25) is 0 Å². The molecule has 1 aliphatic rings. The molecule has 2 atom stereocenters. The quantitative estimate of drug-likeness (QED) is 0.0371. The van der Waals surface area contributed by atoms with Crippen molar-refractivity contribution in [1.29, 1.82) is 0 Å². The molecule has 0 saturated carbocycles. The third kappa shape index (κ3) is 31.3. The molecule has 1 aliphatic heterocycles. The van der Waals surface area contributed by atoms with E-state index in [-0.39, 0.29) is 30.1 Å². The fourth-order valence-corrected chi connectivity index (χ4v) is 7.96. The summed E-state index contributed by atoms with van der Waals surface area (Å²) in [6.07, 6.45) is 37.7. The van der Waals surface area contributed by atoms with Crippen LogP contribution in [0.4, 0.5) is 0 Å². The van der Waals surface area contributed by atoms with Crippen molar-refractivity contribution >= 4 is 17.9 Å². The maximum atomic E-state index is 12.9. The summed E-state index contributed by atoms with van der Waals surface area (Å²) >= 11 is 0. The van der Waals surface area contributed by atoms with Gasteiger partial charge in [-0.15, -0.1) is 0 Å². The van der Waals surface area contributed by atoms with E-state index in [2.05, 4.69) is 25.7 Å². The molecule has 1 N–H and O–H groups in total. The maximum absolute atomic E-state index is 12.9. The highest BCUT2D eigenvalue weighted by Gasteiger charge is 2.36. The standard InChI is InChI=1S/C48H91NO7/c1-4-7-10-13-16-17-18-25-32-39-54-46(51)36-29-23-24-31-38-49-42-43(50)41-45(49)48(53)55-40-33-26-19-22-30-37-47(52)56-44(34-27-20-14-11-8-5-2)35-28-21-15-12-9-6-3/h43-45,50H,4-42H2,1-3H3/t43?,45-/m0/s1. The minimum absolute atomic E-state index is 0.0382. The number of rotatable bonds is 41. The van der Waals surface area contributed by atoms with Gasteiger partial charge in [0.15, 0.2) is 0 Å². The number of nitrogens with zero attached hydrogens (tertiary/aromatic N) is 1. The summed E-state index contributed by atoms with van der Waals surface area (Å²) < 4.78 is 17.1. The molecule has 0 amide bonds. The van der Waals surface area contributed by atoms with Gasteiger partial charge in [0.25, 0.3) is 0 Å². The van der Waals surface area contributed by atoms with Gasteiger partial charge in [0.05, 0.1) is 19.3 Å². The Kier molecular flexibility index (Phi) is 36.3. The summed E-state index contributed by atoms with van der Waals surface area (Å²) in [6.45, 7) is 8.94. The average Bonchev–Trinajstić information content (AvgIpc) is 3.57. The first-order valence-electron chi connectivity index (χ1n) is 24.3. The number of likely N-dealkylation sites (tertiary alicyclic amines) is 1. The summed E-state index contributed by atoms with van der Waals surface area (Å²) in [4.78, 5) is 39.7. The third-order valence-corrected chi connectivity index (χ3v) is 11.6. The zero-order chi connectivity index (χ0) is 40.7. The van der Waals surface area contributed by atoms with Crippen LogP contribution in [0.5, 0.6) is 0 Å². The van der Waals surface area contributed by atoms with Gasteiger partial charge in [-0.2, -0.15) is 0 Å². The van der Waals surface area contributed by atoms with E-state index in [0.29, 0.717) is 39.0 Å². The molecule has 1 unspecified atom stereocenters. The highest BCUT2D eigenvalue weighted by molar-refractivity contribution is 5.76. The minimum atomic E-state index is -0.499. The van der Waals surface area contributed by atoms with Crippen LogP contribution in [0.1, 0.15) is 245 Å². The highest BCUT2D eigenvalue weighted by Crippen LogP contribution is 2.22. The molecule has 1 rings (SSSR count). The zero-order valence-corrected chi connectivity index (χ0v) is 37.2. The number of aliphatic hydroxyl groups is 1. The summed E-state index contributed by atoms with van der Waals surface area (Å²) in [6, 6.07) is -0.377. The van der Waals surface area contributed by atoms with Gasteiger partial charge in [0.1, 0.15) is 12.1 Å². The summed E-state index contributed by atoms with van der Waals surface area (Å²) in [5.41, 5.74) is 0. The van der Waals surface area contributed by atoms with Crippen molar-refractivity contribution < 1.29 is 33.7 Å². The Balaban J connectivity index is 2.12. The number of carbonyl (C=O) groups excluding carboxylic acids is 3. The van der Waals surface area contributed by atoms with Crippen LogP contribution in [0.25, 0.3) is 0 Å². The van der Waals surface area contributed by atoms with E-state index < -0.39 is 6.10 Å². The van der Waals surface area contributed by atoms with Crippen molar-refractivity contribution in [3.8, 4) is 0 Å². The smallest absolute Gasteiger partial charge is 0.323 e. The molecule has 0 aliphatic carbocycles. The second kappa shape index (κ2) is 38.8. The molecule has 1 heterocycles. The Morgan fingerprint density at radius 1 is 0.518 bits per heavy atom. The number of carbonyl (C=O) groups is 3. The Bertz CT molecular complexity index is 898. The van der Waals surface area contributed by atoms with Gasteiger partial charge < -0.3 is 19.3 Å². The van der Waals surface area contributed by atoms with Crippen molar-refractivity contribution in [2.75, 3.05) is 26.3 Å². The first kappa shape index (κ1) is 52.3. The number of hydrogen-bond donors (Lipinski definition) is 1. The maximum Gasteiger partial charge on any atom is 0.323 e. The van der Waals surface area contributed by atoms with Crippen LogP contribution in [-0.4, -0.2) is 72.5 Å². The average molecular weight is 794 g/mol. The van der Waals surface area contributed by atoms with E-state index in [9.17, 15) is 19.5 Å². The van der Waals surface area contributed by atoms with E-state index in [1.807, 2.05) is 0 Å². The van der Waals surface area contributed by atoms with Crippen LogP contribution in [0, 0.1) is 0 Å². The molecule has 8 heteroatoms. The number of hydrogen-bond acceptors (Lipinski definition) is 8. The predicted octanol–water partition coefficient (Wildman–Crippen LogP) is 12.7. The number of ether oxygens (including phenoxy) is 3. The van der Waals surface area contributed by atoms with Crippen molar-refractivity contribution in [3.63, 3.8) is 0 Å². The van der Waals surface area contributed by atoms with Crippen molar-refractivity contribution in [2.45, 2.75) is 264 Å². The van der Waals surface area contributed by atoms with E-state index in [4.69, 9.17) is 14.2 Å². The first-order valence-corrected chi connectivity index (χ1v) is 24.3. The van der Waals surface area contributed by atoms with E-state index in [1.54, 1.807) is 0 Å². The summed E-state index contributed by atoms with van der Waals surface area (Å²) in [5.74, 6) is -0.352. The molecule has 0 radical (unpaired) electrons. The monoisotopic (exact) mass is 794 g/mol. The lowest BCUT2D eigenvalue weighted by molar-refractivity contribution is -0.150. The van der Waals surface area contributed by atoms with Crippen LogP contribution in [0.2, 0.25) is 0 Å². The SMILES string of the molecule is CCCCCCCCCCCOC(=O)CCCCCCN1CC(O)C[C@H]1C(=O)OCCCCCCCC(=O)OC(CCCCCCCC)CCCCCCCC. The topological polar surface area (TPSA) is 102 Å². The molecule has 8 nitrogen and oxygen atoms in total. The lowest BCUT2D eigenvalue weighted by Gasteiger charge is -2.22. The Labute approximate surface area is 345 Å². The Morgan fingerprint density at radius 3 is 1.45 bits per heavy atom. The fourth-order valence-electron chi connectivity index (χ4n) is 7.96. The molecule has 1 saturated heterocycles. The molecular formula is C48H91NO7. The van der Waals surface area contributed by atoms with Crippen molar-refractivity contribution in [2.24, 2.45) is 0 Å². The van der Waals surface area contributed by atoms with Crippen LogP contribution in [-0.2, 0) is 28.6 Å². The second-order valence-corrected chi connectivity index (χ2v) is 17.0. The summed E-state index contributed by atoms with van der Waals surface area (Å²) in [5, 5.41) is 10.3. The Morgan fingerprint density at radius 2 is 0.929 bits per heavy atom. The van der Waals surface area contributed by atoms with Crippen LogP contribution >= 0.6 is 0 Å². The van der Waals surface area contributed by atoms with Crippen LogP contribution < -0.4 is 0 Å². The fraction of sp³-hybridized carbons (Fsp3) is 0.938. The van der Waals surface area contributed by atoms with Gasteiger partial charge in [-0.1, -0.05) is 168 Å². The molecule has 0 aromatic rings. The molecule has 0 aromatic heterocycles. The van der Waals surface area contributed by atoms with Crippen molar-refractivity contribution in [3.05, 3.63) is 0 Å². The minimum Gasteiger partial charge on any atom is -0.466 e. The first-order chi connectivity index (χ1) is 27.4. The van der Waals surface area contributed by atoms with Crippen molar-refractivity contribution in [1.82, 2.24) is 4.90 Å². The van der Waals surface area contributed by atoms with E-state index in [1.165, 1.54) is 109 Å². The number of β-amino-alcohol motifs (C(OH)–C–C–N with tert-alkyl or cyclic N) is 1. The lowest BCUT2D eigenvalue weighted by Crippen LogP contribution is -2.38. The number of aliphatic hydroxyl groups excluding tert-OH is 1. The highest BCUT2D eigenvalue weighted by atomic mass is 16.5. The molecule has 0 spiro atoms. The van der Waals surface area contributed by atoms with Gasteiger partial charge in [0, 0.05) is 25.8 Å². The van der Waals surface area contributed by atoms with Gasteiger partial charge in [-0.25, -0.2) is 0 Å².